The highest BCUT2D eigenvalue weighted by atomic mass is 16.3. The molecule has 0 radical (unpaired) electrons. The summed E-state index contributed by atoms with van der Waals surface area (Å²) in [6.07, 6.45) is 3.80. The first-order valence-electron chi connectivity index (χ1n) is 6.37. The number of phenolic OH excluding ortho intramolecular Hbond substituents is 2. The van der Waals surface area contributed by atoms with Gasteiger partial charge in [0, 0.05) is 11.1 Å². The van der Waals surface area contributed by atoms with Gasteiger partial charge in [-0.05, 0) is 23.6 Å². The Bertz CT molecular complexity index is 584. The molecule has 0 bridgehead atoms. The third-order valence-corrected chi connectivity index (χ3v) is 3.06. The fourth-order valence-electron chi connectivity index (χ4n) is 2.07. The minimum absolute atomic E-state index is 0.0741. The highest BCUT2D eigenvalue weighted by Crippen LogP contribution is 2.36. The van der Waals surface area contributed by atoms with Crippen LogP contribution >= 0.6 is 0 Å². The summed E-state index contributed by atoms with van der Waals surface area (Å²) >= 11 is 0. The Morgan fingerprint density at radius 1 is 0.895 bits per heavy atom. The van der Waals surface area contributed by atoms with Crippen molar-refractivity contribution in [3.8, 4) is 11.5 Å². The maximum atomic E-state index is 10.2. The van der Waals surface area contributed by atoms with E-state index >= 15 is 0 Å². The average molecular weight is 254 g/mol. The molecule has 0 aliphatic heterocycles. The van der Waals surface area contributed by atoms with E-state index in [2.05, 4.69) is 0 Å². The number of aromatic hydroxyl groups is 2. The first kappa shape index (κ1) is 13.2. The fourth-order valence-corrected chi connectivity index (χ4v) is 2.07. The molecule has 0 spiro atoms. The molecule has 0 heterocycles. The van der Waals surface area contributed by atoms with E-state index in [-0.39, 0.29) is 17.4 Å². The molecule has 0 amide bonds. The van der Waals surface area contributed by atoms with E-state index in [9.17, 15) is 10.2 Å². The van der Waals surface area contributed by atoms with Gasteiger partial charge in [0.05, 0.1) is 0 Å². The van der Waals surface area contributed by atoms with E-state index in [0.717, 1.165) is 5.56 Å². The molecular formula is C17H18O2. The van der Waals surface area contributed by atoms with Crippen LogP contribution in [0.4, 0.5) is 0 Å². The van der Waals surface area contributed by atoms with E-state index in [1.165, 1.54) is 0 Å². The summed E-state index contributed by atoms with van der Waals surface area (Å²) in [4.78, 5) is 0. The largest absolute Gasteiger partial charge is 0.508 e. The second kappa shape index (κ2) is 5.61. The van der Waals surface area contributed by atoms with E-state index in [0.29, 0.717) is 11.1 Å². The second-order valence-corrected chi connectivity index (χ2v) is 4.83. The van der Waals surface area contributed by atoms with Crippen LogP contribution in [0.2, 0.25) is 0 Å². The molecule has 2 heteroatoms. The van der Waals surface area contributed by atoms with Crippen LogP contribution in [0.5, 0.6) is 11.5 Å². The minimum atomic E-state index is 0.0741. The van der Waals surface area contributed by atoms with Gasteiger partial charge in [0.25, 0.3) is 0 Å². The number of rotatable bonds is 3. The third kappa shape index (κ3) is 2.97. The van der Waals surface area contributed by atoms with Crippen LogP contribution in [0, 0.1) is 0 Å². The van der Waals surface area contributed by atoms with Gasteiger partial charge in [-0.3, -0.25) is 0 Å². The van der Waals surface area contributed by atoms with Crippen LogP contribution in [-0.4, -0.2) is 10.2 Å². The molecule has 19 heavy (non-hydrogen) atoms. The summed E-state index contributed by atoms with van der Waals surface area (Å²) in [7, 11) is 0. The van der Waals surface area contributed by atoms with Crippen LogP contribution in [0.15, 0.2) is 42.5 Å². The normalized spacial score (nSPS) is 11.3. The van der Waals surface area contributed by atoms with Gasteiger partial charge in [0.2, 0.25) is 0 Å². The Kier molecular flexibility index (Phi) is 3.91. The lowest BCUT2D eigenvalue weighted by atomic mass is 9.97. The maximum absolute atomic E-state index is 10.2. The topological polar surface area (TPSA) is 40.5 Å². The van der Waals surface area contributed by atoms with Crippen LogP contribution in [0.1, 0.15) is 36.5 Å². The molecule has 2 N–H and O–H groups in total. The van der Waals surface area contributed by atoms with Crippen molar-refractivity contribution in [2.45, 2.75) is 19.8 Å². The average Bonchev–Trinajstić information content (AvgIpc) is 2.38. The quantitative estimate of drug-likeness (QED) is 0.797. The SMILES string of the molecule is CC(C)c1c(O)ccc(/C=C/c2ccccc2)c1O. The summed E-state index contributed by atoms with van der Waals surface area (Å²) in [6, 6.07) is 13.2. The summed E-state index contributed by atoms with van der Waals surface area (Å²) in [5.74, 6) is 0.372. The molecule has 2 aromatic rings. The molecule has 0 fully saturated rings. The zero-order valence-electron chi connectivity index (χ0n) is 11.2. The summed E-state index contributed by atoms with van der Waals surface area (Å²) < 4.78 is 0. The van der Waals surface area contributed by atoms with Crippen LogP contribution < -0.4 is 0 Å². The number of phenols is 2. The molecule has 0 aliphatic carbocycles. The highest BCUT2D eigenvalue weighted by molar-refractivity contribution is 5.74. The van der Waals surface area contributed by atoms with Gasteiger partial charge in [0.1, 0.15) is 11.5 Å². The van der Waals surface area contributed by atoms with Crippen molar-refractivity contribution in [3.63, 3.8) is 0 Å². The first-order valence-corrected chi connectivity index (χ1v) is 6.37. The molecule has 0 aromatic heterocycles. The molecule has 2 aromatic carbocycles. The van der Waals surface area contributed by atoms with Gasteiger partial charge >= 0.3 is 0 Å². The minimum Gasteiger partial charge on any atom is -0.508 e. The highest BCUT2D eigenvalue weighted by Gasteiger charge is 2.13. The Morgan fingerprint density at radius 3 is 2.21 bits per heavy atom. The number of hydrogen-bond donors (Lipinski definition) is 2. The zero-order chi connectivity index (χ0) is 13.8. The monoisotopic (exact) mass is 254 g/mol. The fraction of sp³-hybridized carbons (Fsp3) is 0.176. The van der Waals surface area contributed by atoms with Crippen molar-refractivity contribution in [3.05, 3.63) is 59.2 Å². The van der Waals surface area contributed by atoms with Gasteiger partial charge in [0.15, 0.2) is 0 Å². The maximum Gasteiger partial charge on any atom is 0.129 e. The van der Waals surface area contributed by atoms with Crippen molar-refractivity contribution < 1.29 is 10.2 Å². The predicted molar refractivity (Wildman–Crippen MR) is 79.2 cm³/mol. The summed E-state index contributed by atoms with van der Waals surface area (Å²) in [5.41, 5.74) is 2.38. The molecule has 0 atom stereocenters. The van der Waals surface area contributed by atoms with Crippen molar-refractivity contribution in [1.82, 2.24) is 0 Å². The van der Waals surface area contributed by atoms with Crippen LogP contribution in [0.25, 0.3) is 12.2 Å². The Hall–Kier alpha value is -2.22. The lowest BCUT2D eigenvalue weighted by Crippen LogP contribution is -1.91. The van der Waals surface area contributed by atoms with Crippen molar-refractivity contribution in [2.75, 3.05) is 0 Å². The van der Waals surface area contributed by atoms with E-state index in [1.807, 2.05) is 56.3 Å². The predicted octanol–water partition coefficient (Wildman–Crippen LogP) is 4.39. The molecule has 98 valence electrons. The van der Waals surface area contributed by atoms with E-state index < -0.39 is 0 Å². The Balaban J connectivity index is 2.37. The Morgan fingerprint density at radius 2 is 1.58 bits per heavy atom. The molecule has 0 saturated carbocycles. The zero-order valence-corrected chi connectivity index (χ0v) is 11.2. The van der Waals surface area contributed by atoms with Crippen LogP contribution in [-0.2, 0) is 0 Å². The van der Waals surface area contributed by atoms with Gasteiger partial charge in [-0.1, -0.05) is 56.3 Å². The van der Waals surface area contributed by atoms with Gasteiger partial charge < -0.3 is 10.2 Å². The van der Waals surface area contributed by atoms with Crippen LogP contribution in [0.3, 0.4) is 0 Å². The smallest absolute Gasteiger partial charge is 0.129 e. The first-order chi connectivity index (χ1) is 9.09. The third-order valence-electron chi connectivity index (χ3n) is 3.06. The molecule has 2 nitrogen and oxygen atoms in total. The number of hydrogen-bond acceptors (Lipinski definition) is 2. The van der Waals surface area contributed by atoms with Crippen molar-refractivity contribution >= 4 is 12.2 Å². The summed E-state index contributed by atoms with van der Waals surface area (Å²) in [6.45, 7) is 3.89. The van der Waals surface area contributed by atoms with Crippen molar-refractivity contribution in [1.29, 1.82) is 0 Å². The molecular weight excluding hydrogens is 236 g/mol. The Labute approximate surface area is 113 Å². The number of benzene rings is 2. The lowest BCUT2D eigenvalue weighted by Gasteiger charge is -2.12. The molecule has 0 aliphatic rings. The second-order valence-electron chi connectivity index (χ2n) is 4.83. The lowest BCUT2D eigenvalue weighted by molar-refractivity contribution is 0.432. The van der Waals surface area contributed by atoms with E-state index in [4.69, 9.17) is 0 Å². The van der Waals surface area contributed by atoms with Crippen molar-refractivity contribution in [2.24, 2.45) is 0 Å². The van der Waals surface area contributed by atoms with E-state index in [1.54, 1.807) is 12.1 Å². The molecule has 0 unspecified atom stereocenters. The van der Waals surface area contributed by atoms with Gasteiger partial charge in [-0.2, -0.15) is 0 Å². The standard InChI is InChI=1S/C17H18O2/c1-12(2)16-15(18)11-10-14(17(16)19)9-8-13-6-4-3-5-7-13/h3-12,18-19H,1-2H3/b9-8+. The molecule has 0 saturated heterocycles. The summed E-state index contributed by atoms with van der Waals surface area (Å²) in [5, 5.41) is 20.0. The van der Waals surface area contributed by atoms with Gasteiger partial charge in [-0.15, -0.1) is 0 Å². The molecule has 2 rings (SSSR count). The van der Waals surface area contributed by atoms with Gasteiger partial charge in [-0.25, -0.2) is 0 Å².